The summed E-state index contributed by atoms with van der Waals surface area (Å²) in [7, 11) is 3.86. The van der Waals surface area contributed by atoms with E-state index in [1.807, 2.05) is 25.9 Å². The van der Waals surface area contributed by atoms with Crippen molar-refractivity contribution in [2.24, 2.45) is 0 Å². The molecule has 15 heavy (non-hydrogen) atoms. The maximum absolute atomic E-state index is 11.1. The van der Waals surface area contributed by atoms with Crippen molar-refractivity contribution < 1.29 is 9.53 Å². The average Bonchev–Trinajstić information content (AvgIpc) is 2.13. The lowest BCUT2D eigenvalue weighted by molar-refractivity contribution is -0.143. The monoisotopic (exact) mass is 232 g/mol. The largest absolute Gasteiger partial charge is 0.464 e. The minimum absolute atomic E-state index is 0.149. The molecule has 88 valence electrons. The molecule has 0 amide bonds. The van der Waals surface area contributed by atoms with E-state index in [2.05, 4.69) is 5.32 Å². The van der Waals surface area contributed by atoms with Crippen LogP contribution in [0.25, 0.3) is 0 Å². The van der Waals surface area contributed by atoms with E-state index >= 15 is 0 Å². The van der Waals surface area contributed by atoms with E-state index in [1.54, 1.807) is 0 Å². The highest BCUT2D eigenvalue weighted by Gasteiger charge is 2.02. The van der Waals surface area contributed by atoms with Crippen LogP contribution in [-0.4, -0.2) is 56.1 Å². The number of rotatable bonds is 8. The summed E-state index contributed by atoms with van der Waals surface area (Å²) in [6.45, 7) is 4.37. The van der Waals surface area contributed by atoms with Crippen LogP contribution in [0.5, 0.6) is 0 Å². The second-order valence-electron chi connectivity index (χ2n) is 3.65. The van der Waals surface area contributed by atoms with E-state index in [-0.39, 0.29) is 5.97 Å². The Bertz CT molecular complexity index is 208. The molecule has 1 N–H and O–H groups in total. The molecule has 5 heteroatoms. The van der Waals surface area contributed by atoms with Crippen molar-refractivity contribution in [3.63, 3.8) is 0 Å². The highest BCUT2D eigenvalue weighted by molar-refractivity contribution is 7.80. The van der Waals surface area contributed by atoms with Crippen molar-refractivity contribution in [3.8, 4) is 0 Å². The van der Waals surface area contributed by atoms with Gasteiger partial charge in [-0.3, -0.25) is 4.79 Å². The van der Waals surface area contributed by atoms with E-state index in [0.29, 0.717) is 26.1 Å². The Morgan fingerprint density at radius 2 is 2.13 bits per heavy atom. The molecule has 0 radical (unpaired) electrons. The summed E-state index contributed by atoms with van der Waals surface area (Å²) in [6, 6.07) is 0. The van der Waals surface area contributed by atoms with Crippen LogP contribution in [0.15, 0.2) is 0 Å². The van der Waals surface area contributed by atoms with Gasteiger partial charge in [-0.2, -0.15) is 0 Å². The average molecular weight is 232 g/mol. The van der Waals surface area contributed by atoms with Crippen LogP contribution in [0.3, 0.4) is 0 Å². The van der Waals surface area contributed by atoms with Gasteiger partial charge >= 0.3 is 5.97 Å². The Hall–Kier alpha value is -0.520. The molecule has 0 aromatic heterocycles. The number of ether oxygens (including phenoxy) is 1. The smallest absolute Gasteiger partial charge is 0.307 e. The number of esters is 1. The number of hydrogen-bond donors (Lipinski definition) is 1. The lowest BCUT2D eigenvalue weighted by Gasteiger charge is -2.09. The fourth-order valence-electron chi connectivity index (χ4n) is 0.889. The second kappa shape index (κ2) is 8.76. The van der Waals surface area contributed by atoms with Gasteiger partial charge in [-0.05, 0) is 21.0 Å². The maximum Gasteiger partial charge on any atom is 0.307 e. The number of nitrogens with one attached hydrogen (secondary N) is 1. The molecular formula is C10H20N2O2S. The summed E-state index contributed by atoms with van der Waals surface area (Å²) in [4.78, 5) is 14.0. The molecule has 0 rings (SSSR count). The van der Waals surface area contributed by atoms with Crippen molar-refractivity contribution in [2.75, 3.05) is 40.3 Å². The molecule has 0 aliphatic heterocycles. The lowest BCUT2D eigenvalue weighted by atomic mass is 10.4. The van der Waals surface area contributed by atoms with Crippen LogP contribution in [0.2, 0.25) is 0 Å². The number of carbonyl (C=O) groups is 1. The van der Waals surface area contributed by atoms with Crippen molar-refractivity contribution in [2.45, 2.75) is 13.3 Å². The predicted octanol–water partition coefficient (Wildman–Crippen LogP) is 0.461. The molecule has 0 fully saturated rings. The van der Waals surface area contributed by atoms with Crippen LogP contribution in [0, 0.1) is 0 Å². The third-order valence-electron chi connectivity index (χ3n) is 1.68. The minimum atomic E-state index is -0.149. The summed E-state index contributed by atoms with van der Waals surface area (Å²) in [5.41, 5.74) is 0. The molecule has 0 saturated carbocycles. The summed E-state index contributed by atoms with van der Waals surface area (Å²) >= 11 is 4.89. The van der Waals surface area contributed by atoms with Crippen molar-refractivity contribution in [3.05, 3.63) is 0 Å². The normalized spacial score (nSPS) is 10.4. The molecule has 0 spiro atoms. The second-order valence-corrected chi connectivity index (χ2v) is 4.35. The number of hydrogen-bond acceptors (Lipinski definition) is 5. The first-order chi connectivity index (χ1) is 7.02. The first-order valence-electron chi connectivity index (χ1n) is 5.03. The highest BCUT2D eigenvalue weighted by Crippen LogP contribution is 1.88. The molecule has 0 aliphatic carbocycles. The molecule has 0 aromatic rings. The maximum atomic E-state index is 11.1. The first kappa shape index (κ1) is 14.5. The zero-order valence-electron chi connectivity index (χ0n) is 9.71. The zero-order valence-corrected chi connectivity index (χ0v) is 10.5. The van der Waals surface area contributed by atoms with Crippen molar-refractivity contribution in [1.82, 2.24) is 10.2 Å². The van der Waals surface area contributed by atoms with Gasteiger partial charge in [-0.15, -0.1) is 0 Å². The van der Waals surface area contributed by atoms with E-state index in [0.717, 1.165) is 11.4 Å². The number of nitrogens with zero attached hydrogens (tertiary/aromatic N) is 1. The third kappa shape index (κ3) is 11.4. The van der Waals surface area contributed by atoms with Crippen LogP contribution in [0.1, 0.15) is 13.3 Å². The summed E-state index contributed by atoms with van der Waals surface area (Å²) < 4.78 is 5.00. The van der Waals surface area contributed by atoms with Gasteiger partial charge in [0.05, 0.1) is 6.42 Å². The highest BCUT2D eigenvalue weighted by atomic mass is 32.1. The van der Waals surface area contributed by atoms with Crippen molar-refractivity contribution >= 4 is 23.1 Å². The quantitative estimate of drug-likeness (QED) is 0.374. The van der Waals surface area contributed by atoms with Gasteiger partial charge in [-0.25, -0.2) is 0 Å². The van der Waals surface area contributed by atoms with E-state index in [9.17, 15) is 4.79 Å². The SMILES string of the molecule is CC(=S)CNCCOC(=O)CCN(C)C. The summed E-state index contributed by atoms with van der Waals surface area (Å²) in [6.07, 6.45) is 0.444. The molecule has 0 saturated heterocycles. The molecule has 0 heterocycles. The van der Waals surface area contributed by atoms with Crippen LogP contribution in [-0.2, 0) is 9.53 Å². The van der Waals surface area contributed by atoms with Gasteiger partial charge in [0.2, 0.25) is 0 Å². The molecule has 0 unspecified atom stereocenters. The minimum Gasteiger partial charge on any atom is -0.464 e. The first-order valence-corrected chi connectivity index (χ1v) is 5.43. The lowest BCUT2D eigenvalue weighted by Crippen LogP contribution is -2.26. The molecule has 0 aliphatic rings. The number of thiocarbonyl (C=S) groups is 1. The van der Waals surface area contributed by atoms with Crippen LogP contribution in [0.4, 0.5) is 0 Å². The number of carbonyl (C=O) groups excluding carboxylic acids is 1. The molecule has 4 nitrogen and oxygen atoms in total. The Morgan fingerprint density at radius 3 is 2.67 bits per heavy atom. The van der Waals surface area contributed by atoms with Crippen LogP contribution >= 0.6 is 12.2 Å². The summed E-state index contributed by atoms with van der Waals surface area (Å²) in [5, 5.41) is 3.08. The molecule has 0 bridgehead atoms. The molecular weight excluding hydrogens is 212 g/mol. The Morgan fingerprint density at radius 1 is 1.47 bits per heavy atom. The third-order valence-corrected chi connectivity index (χ3v) is 1.82. The Balaban J connectivity index is 3.28. The standard InChI is InChI=1S/C10H20N2O2S/c1-9(15)8-11-5-7-14-10(13)4-6-12(2)3/h11H,4-8H2,1-3H3. The van der Waals surface area contributed by atoms with Gasteiger partial charge in [0.1, 0.15) is 6.61 Å². The van der Waals surface area contributed by atoms with Gasteiger partial charge in [0.25, 0.3) is 0 Å². The fraction of sp³-hybridized carbons (Fsp3) is 0.800. The fourth-order valence-corrected chi connectivity index (χ4v) is 0.991. The summed E-state index contributed by atoms with van der Waals surface area (Å²) in [5.74, 6) is -0.149. The Labute approximate surface area is 97.0 Å². The van der Waals surface area contributed by atoms with Crippen molar-refractivity contribution in [1.29, 1.82) is 0 Å². The van der Waals surface area contributed by atoms with E-state index < -0.39 is 0 Å². The molecule has 0 atom stereocenters. The zero-order chi connectivity index (χ0) is 11.7. The predicted molar refractivity (Wildman–Crippen MR) is 65.3 cm³/mol. The van der Waals surface area contributed by atoms with Gasteiger partial charge in [0, 0.05) is 24.5 Å². The van der Waals surface area contributed by atoms with E-state index in [4.69, 9.17) is 17.0 Å². The van der Waals surface area contributed by atoms with E-state index in [1.165, 1.54) is 0 Å². The van der Waals surface area contributed by atoms with Gasteiger partial charge in [0.15, 0.2) is 0 Å². The topological polar surface area (TPSA) is 41.6 Å². The van der Waals surface area contributed by atoms with Gasteiger partial charge in [-0.1, -0.05) is 12.2 Å². The molecule has 0 aromatic carbocycles. The van der Waals surface area contributed by atoms with Gasteiger partial charge < -0.3 is 15.0 Å². The Kier molecular flexibility index (Phi) is 8.46. The van der Waals surface area contributed by atoms with Crippen LogP contribution < -0.4 is 5.32 Å².